The van der Waals surface area contributed by atoms with Gasteiger partial charge in [-0.1, -0.05) is 46.2 Å². The van der Waals surface area contributed by atoms with Gasteiger partial charge < -0.3 is 10.2 Å². The highest BCUT2D eigenvalue weighted by molar-refractivity contribution is 6.33. The Labute approximate surface area is 128 Å². The highest BCUT2D eigenvalue weighted by Gasteiger charge is 2.15. The van der Waals surface area contributed by atoms with Crippen molar-refractivity contribution < 1.29 is 0 Å². The highest BCUT2D eigenvalue weighted by atomic mass is 35.5. The Hall–Kier alpha value is -0.800. The van der Waals surface area contributed by atoms with Crippen LogP contribution in [0.3, 0.4) is 0 Å². The predicted molar refractivity (Wildman–Crippen MR) is 88.5 cm³/mol. The quantitative estimate of drug-likeness (QED) is 0.787. The molecule has 1 rings (SSSR count). The molecule has 0 saturated carbocycles. The molecule has 0 saturated heterocycles. The Bertz CT molecular complexity index is 395. The Morgan fingerprint density at radius 3 is 2.25 bits per heavy atom. The monoisotopic (exact) mass is 297 g/mol. The predicted octanol–water partition coefficient (Wildman–Crippen LogP) is 3.96. The second-order valence-electron chi connectivity index (χ2n) is 6.12. The van der Waals surface area contributed by atoms with E-state index in [1.165, 1.54) is 0 Å². The molecule has 114 valence electrons. The van der Waals surface area contributed by atoms with E-state index in [-0.39, 0.29) is 0 Å². The van der Waals surface area contributed by atoms with Crippen molar-refractivity contribution in [3.8, 4) is 0 Å². The van der Waals surface area contributed by atoms with Gasteiger partial charge in [0.25, 0.3) is 0 Å². The highest BCUT2D eigenvalue weighted by Crippen LogP contribution is 2.25. The molecule has 0 atom stereocenters. The van der Waals surface area contributed by atoms with Crippen molar-refractivity contribution in [3.05, 3.63) is 22.8 Å². The molecule has 0 bridgehead atoms. The zero-order valence-electron chi connectivity index (χ0n) is 13.4. The van der Waals surface area contributed by atoms with Gasteiger partial charge in [0.2, 0.25) is 0 Å². The first-order valence-electron chi connectivity index (χ1n) is 7.54. The second kappa shape index (κ2) is 8.48. The first kappa shape index (κ1) is 17.3. The van der Waals surface area contributed by atoms with Gasteiger partial charge in [0.1, 0.15) is 5.82 Å². The van der Waals surface area contributed by atoms with Crippen molar-refractivity contribution in [2.75, 3.05) is 24.5 Å². The largest absolute Gasteiger partial charge is 0.355 e. The summed E-state index contributed by atoms with van der Waals surface area (Å²) in [5.41, 5.74) is 1.13. The summed E-state index contributed by atoms with van der Waals surface area (Å²) in [6.45, 7) is 14.7. The molecule has 0 aromatic carbocycles. The molecule has 1 heterocycles. The lowest BCUT2D eigenvalue weighted by molar-refractivity contribution is 0.548. The molecule has 1 N–H and O–H groups in total. The number of hydrogen-bond acceptors (Lipinski definition) is 3. The van der Waals surface area contributed by atoms with Crippen LogP contribution in [0.25, 0.3) is 0 Å². The van der Waals surface area contributed by atoms with Crippen LogP contribution in [0.15, 0.2) is 12.3 Å². The molecule has 0 amide bonds. The Balaban J connectivity index is 2.89. The summed E-state index contributed by atoms with van der Waals surface area (Å²) in [6.07, 6.45) is 1.93. The van der Waals surface area contributed by atoms with Crippen molar-refractivity contribution >= 4 is 17.4 Å². The van der Waals surface area contributed by atoms with Crippen molar-refractivity contribution in [1.82, 2.24) is 10.3 Å². The minimum absolute atomic E-state index is 0.591. The van der Waals surface area contributed by atoms with Crippen molar-refractivity contribution in [3.63, 3.8) is 0 Å². The second-order valence-corrected chi connectivity index (χ2v) is 6.53. The van der Waals surface area contributed by atoms with Gasteiger partial charge in [0.05, 0.1) is 5.02 Å². The number of aromatic nitrogens is 1. The third-order valence-corrected chi connectivity index (χ3v) is 3.21. The summed E-state index contributed by atoms with van der Waals surface area (Å²) in [5, 5.41) is 4.04. The van der Waals surface area contributed by atoms with Gasteiger partial charge in [0.15, 0.2) is 0 Å². The zero-order chi connectivity index (χ0) is 15.1. The SMILES string of the molecule is CCNCc1cnc(N(CC(C)C)CC(C)C)c(Cl)c1. The Morgan fingerprint density at radius 1 is 1.20 bits per heavy atom. The van der Waals surface area contributed by atoms with Crippen molar-refractivity contribution in [2.45, 2.75) is 41.2 Å². The van der Waals surface area contributed by atoms with Gasteiger partial charge >= 0.3 is 0 Å². The van der Waals surface area contributed by atoms with Gasteiger partial charge in [-0.25, -0.2) is 4.98 Å². The molecule has 1 aromatic heterocycles. The molecule has 4 heteroatoms. The fourth-order valence-corrected chi connectivity index (χ4v) is 2.51. The van der Waals surface area contributed by atoms with Crippen LogP contribution in [-0.4, -0.2) is 24.6 Å². The van der Waals surface area contributed by atoms with Gasteiger partial charge in [-0.2, -0.15) is 0 Å². The number of rotatable bonds is 8. The molecule has 0 spiro atoms. The fraction of sp³-hybridized carbons (Fsp3) is 0.688. The maximum absolute atomic E-state index is 6.44. The van der Waals surface area contributed by atoms with Crippen LogP contribution in [-0.2, 0) is 6.54 Å². The van der Waals surface area contributed by atoms with Gasteiger partial charge in [-0.3, -0.25) is 0 Å². The van der Waals surface area contributed by atoms with E-state index in [2.05, 4.69) is 49.8 Å². The number of anilines is 1. The summed E-state index contributed by atoms with van der Waals surface area (Å²) in [5.74, 6) is 2.09. The number of nitrogens with one attached hydrogen (secondary N) is 1. The molecule has 0 aliphatic rings. The Kier molecular flexibility index (Phi) is 7.31. The molecule has 20 heavy (non-hydrogen) atoms. The van der Waals surface area contributed by atoms with E-state index in [4.69, 9.17) is 11.6 Å². The maximum atomic E-state index is 6.44. The summed E-state index contributed by atoms with van der Waals surface area (Å²) in [7, 11) is 0. The van der Waals surface area contributed by atoms with E-state index in [1.807, 2.05) is 12.3 Å². The summed E-state index contributed by atoms with van der Waals surface area (Å²) >= 11 is 6.44. The van der Waals surface area contributed by atoms with Gasteiger partial charge in [0, 0.05) is 25.8 Å². The number of nitrogens with zero attached hydrogens (tertiary/aromatic N) is 2. The van der Waals surface area contributed by atoms with E-state index in [0.717, 1.165) is 42.6 Å². The average molecular weight is 298 g/mol. The first-order valence-corrected chi connectivity index (χ1v) is 7.91. The van der Waals surface area contributed by atoms with Crippen LogP contribution in [0, 0.1) is 11.8 Å². The number of hydrogen-bond donors (Lipinski definition) is 1. The maximum Gasteiger partial charge on any atom is 0.147 e. The lowest BCUT2D eigenvalue weighted by atomic mass is 10.1. The fourth-order valence-electron chi connectivity index (χ4n) is 2.20. The molecule has 3 nitrogen and oxygen atoms in total. The zero-order valence-corrected chi connectivity index (χ0v) is 14.2. The topological polar surface area (TPSA) is 28.2 Å². The van der Waals surface area contributed by atoms with E-state index < -0.39 is 0 Å². The van der Waals surface area contributed by atoms with E-state index in [9.17, 15) is 0 Å². The Morgan fingerprint density at radius 2 is 1.80 bits per heavy atom. The molecular weight excluding hydrogens is 270 g/mol. The molecule has 0 aliphatic carbocycles. The standard InChI is InChI=1S/C16H28ClN3/c1-6-18-8-14-7-15(17)16(19-9-14)20(10-12(2)3)11-13(4)5/h7,9,12-13,18H,6,8,10-11H2,1-5H3. The van der Waals surface area contributed by atoms with Crippen LogP contribution in [0.1, 0.15) is 40.2 Å². The molecule has 0 fully saturated rings. The number of pyridine rings is 1. The third-order valence-electron chi connectivity index (χ3n) is 2.93. The summed E-state index contributed by atoms with van der Waals surface area (Å²) in [4.78, 5) is 6.89. The van der Waals surface area contributed by atoms with Crippen LogP contribution in [0.2, 0.25) is 5.02 Å². The minimum Gasteiger partial charge on any atom is -0.355 e. The van der Waals surface area contributed by atoms with E-state index in [1.54, 1.807) is 0 Å². The van der Waals surface area contributed by atoms with E-state index >= 15 is 0 Å². The number of halogens is 1. The third kappa shape index (κ3) is 5.68. The lowest BCUT2D eigenvalue weighted by Gasteiger charge is -2.28. The summed E-state index contributed by atoms with van der Waals surface area (Å²) < 4.78 is 0. The summed E-state index contributed by atoms with van der Waals surface area (Å²) in [6, 6.07) is 2.03. The smallest absolute Gasteiger partial charge is 0.147 e. The van der Waals surface area contributed by atoms with E-state index in [0.29, 0.717) is 11.8 Å². The van der Waals surface area contributed by atoms with Gasteiger partial charge in [-0.05, 0) is 30.0 Å². The lowest BCUT2D eigenvalue weighted by Crippen LogP contribution is -2.32. The van der Waals surface area contributed by atoms with Crippen LogP contribution in [0.4, 0.5) is 5.82 Å². The van der Waals surface area contributed by atoms with Crippen LogP contribution in [0.5, 0.6) is 0 Å². The molecule has 0 unspecified atom stereocenters. The van der Waals surface area contributed by atoms with Crippen LogP contribution >= 0.6 is 11.6 Å². The van der Waals surface area contributed by atoms with Gasteiger partial charge in [-0.15, -0.1) is 0 Å². The van der Waals surface area contributed by atoms with Crippen molar-refractivity contribution in [2.24, 2.45) is 11.8 Å². The minimum atomic E-state index is 0.591. The molecule has 0 aliphatic heterocycles. The van der Waals surface area contributed by atoms with Crippen molar-refractivity contribution in [1.29, 1.82) is 0 Å². The molecule has 0 radical (unpaired) electrons. The average Bonchev–Trinajstić information content (AvgIpc) is 2.34. The molecule has 1 aromatic rings. The normalized spacial score (nSPS) is 11.4. The molecular formula is C16H28ClN3. The van der Waals surface area contributed by atoms with Crippen LogP contribution < -0.4 is 10.2 Å². The first-order chi connectivity index (χ1) is 9.43.